The predicted molar refractivity (Wildman–Crippen MR) is 113 cm³/mol. The molecule has 1 amide bonds. The van der Waals surface area contributed by atoms with Gasteiger partial charge in [0.05, 0.1) is 12.0 Å². The number of halogens is 2. The molecule has 1 aliphatic heterocycles. The number of imidazole rings is 1. The van der Waals surface area contributed by atoms with Crippen LogP contribution in [-0.4, -0.2) is 37.4 Å². The van der Waals surface area contributed by atoms with Crippen molar-refractivity contribution < 1.29 is 27.5 Å². The van der Waals surface area contributed by atoms with Gasteiger partial charge in [-0.05, 0) is 26.8 Å². The smallest absolute Gasteiger partial charge is 0.292 e. The Morgan fingerprint density at radius 2 is 2.06 bits per heavy atom. The highest BCUT2D eigenvalue weighted by Gasteiger charge is 2.41. The molecular formula is C23H22F2N4O4. The van der Waals surface area contributed by atoms with E-state index in [1.54, 1.807) is 0 Å². The minimum absolute atomic E-state index is 0.219. The number of rotatable bonds is 4. The number of para-hydroxylation sites is 1. The molecule has 0 aliphatic carbocycles. The van der Waals surface area contributed by atoms with E-state index in [1.807, 2.05) is 31.2 Å². The van der Waals surface area contributed by atoms with Crippen LogP contribution < -0.4 is 0 Å². The van der Waals surface area contributed by atoms with Crippen LogP contribution in [0.3, 0.4) is 0 Å². The number of nitrogens with zero attached hydrogens (tertiary/aromatic N) is 3. The van der Waals surface area contributed by atoms with Gasteiger partial charge in [0.15, 0.2) is 5.69 Å². The summed E-state index contributed by atoms with van der Waals surface area (Å²) in [6.45, 7) is 4.80. The highest BCUT2D eigenvalue weighted by Crippen LogP contribution is 2.40. The molecule has 10 heteroatoms. The zero-order valence-electron chi connectivity index (χ0n) is 18.2. The summed E-state index contributed by atoms with van der Waals surface area (Å²) < 4.78 is 39.1. The quantitative estimate of drug-likeness (QED) is 0.471. The zero-order valence-corrected chi connectivity index (χ0v) is 18.2. The Balaban J connectivity index is 1.65. The van der Waals surface area contributed by atoms with Crippen LogP contribution in [0.25, 0.3) is 11.0 Å². The third kappa shape index (κ3) is 3.41. The average Bonchev–Trinajstić information content (AvgIpc) is 3.49. The number of benzene rings is 1. The molecule has 0 bridgehead atoms. The first-order valence-corrected chi connectivity index (χ1v) is 10.5. The van der Waals surface area contributed by atoms with Gasteiger partial charge >= 0.3 is 0 Å². The van der Waals surface area contributed by atoms with Gasteiger partial charge in [-0.25, -0.2) is 18.7 Å². The van der Waals surface area contributed by atoms with Gasteiger partial charge in [0.1, 0.15) is 23.0 Å². The first kappa shape index (κ1) is 21.3. The monoisotopic (exact) mass is 456 g/mol. The lowest BCUT2D eigenvalue weighted by molar-refractivity contribution is 0.0437. The first-order valence-electron chi connectivity index (χ1n) is 10.5. The van der Waals surface area contributed by atoms with E-state index in [1.165, 1.54) is 25.1 Å². The van der Waals surface area contributed by atoms with Crippen LogP contribution in [-0.2, 0) is 12.0 Å². The van der Waals surface area contributed by atoms with Crippen molar-refractivity contribution in [3.8, 4) is 0 Å². The number of carbonyl (C=O) groups is 1. The second-order valence-corrected chi connectivity index (χ2v) is 8.60. The lowest BCUT2D eigenvalue weighted by atomic mass is 9.97. The number of hydrogen-bond donors (Lipinski definition) is 2. The molecule has 4 aromatic rings. The lowest BCUT2D eigenvalue weighted by Gasteiger charge is -2.33. The van der Waals surface area contributed by atoms with Gasteiger partial charge in [-0.1, -0.05) is 18.2 Å². The number of aliphatic hydroxyl groups is 1. The molecule has 1 aromatic carbocycles. The summed E-state index contributed by atoms with van der Waals surface area (Å²) >= 11 is 0. The van der Waals surface area contributed by atoms with Gasteiger partial charge in [-0.2, -0.15) is 0 Å². The molecular weight excluding hydrogens is 434 g/mol. The van der Waals surface area contributed by atoms with E-state index in [2.05, 4.69) is 15.0 Å². The average molecular weight is 456 g/mol. The minimum Gasteiger partial charge on any atom is -0.458 e. The molecule has 1 atom stereocenters. The number of fused-ring (bicyclic) bond motifs is 2. The SMILES string of the molecule is Cc1c([C@@H]2c3nc[nH]c3CCN2C(=O)c2oc(C(C)(C)O)nc2C(F)F)oc2ccccc12. The number of amides is 1. The maximum Gasteiger partial charge on any atom is 0.292 e. The van der Waals surface area contributed by atoms with Crippen molar-refractivity contribution >= 4 is 16.9 Å². The third-order valence-electron chi connectivity index (χ3n) is 5.89. The Labute approximate surface area is 187 Å². The molecule has 8 nitrogen and oxygen atoms in total. The normalized spacial score (nSPS) is 16.6. The van der Waals surface area contributed by atoms with Crippen molar-refractivity contribution in [1.82, 2.24) is 19.9 Å². The molecule has 172 valence electrons. The number of aromatic amines is 1. The molecule has 4 heterocycles. The summed E-state index contributed by atoms with van der Waals surface area (Å²) in [7, 11) is 0. The van der Waals surface area contributed by atoms with Gasteiger partial charge in [0, 0.05) is 29.6 Å². The van der Waals surface area contributed by atoms with Gasteiger partial charge < -0.3 is 23.8 Å². The first-order chi connectivity index (χ1) is 15.7. The van der Waals surface area contributed by atoms with E-state index >= 15 is 0 Å². The highest BCUT2D eigenvalue weighted by atomic mass is 19.3. The van der Waals surface area contributed by atoms with Gasteiger partial charge in [-0.15, -0.1) is 0 Å². The van der Waals surface area contributed by atoms with Crippen molar-refractivity contribution in [2.45, 2.75) is 45.3 Å². The number of carbonyl (C=O) groups excluding carboxylic acids is 1. The maximum atomic E-state index is 13.8. The standard InChI is InChI=1S/C23H22F2N4O4/c1-11-12-6-4-5-7-14(12)32-18(11)17-15-13(26-10-27-15)8-9-29(17)21(30)19-16(20(24)25)28-22(33-19)23(2,3)31/h4-7,10,17,20,31H,8-9H2,1-3H3,(H,26,27)/t17-/m0/s1. The highest BCUT2D eigenvalue weighted by molar-refractivity contribution is 5.93. The van der Waals surface area contributed by atoms with Crippen LogP contribution in [0, 0.1) is 6.92 Å². The number of H-pyrrole nitrogens is 1. The zero-order chi connectivity index (χ0) is 23.5. The largest absolute Gasteiger partial charge is 0.458 e. The number of furan rings is 1. The van der Waals surface area contributed by atoms with Crippen molar-refractivity contribution in [3.05, 3.63) is 70.6 Å². The Morgan fingerprint density at radius 3 is 2.76 bits per heavy atom. The van der Waals surface area contributed by atoms with Crippen LogP contribution in [0.1, 0.15) is 71.2 Å². The fourth-order valence-electron chi connectivity index (χ4n) is 4.24. The number of aromatic nitrogens is 3. The minimum atomic E-state index is -3.05. The molecule has 0 spiro atoms. The topological polar surface area (TPSA) is 108 Å². The summed E-state index contributed by atoms with van der Waals surface area (Å²) in [4.78, 5) is 26.2. The van der Waals surface area contributed by atoms with E-state index in [4.69, 9.17) is 8.83 Å². The van der Waals surface area contributed by atoms with E-state index in [0.29, 0.717) is 23.5 Å². The second kappa shape index (κ2) is 7.51. The Hall–Kier alpha value is -3.53. The summed E-state index contributed by atoms with van der Waals surface area (Å²) in [5, 5.41) is 11.1. The van der Waals surface area contributed by atoms with E-state index in [-0.39, 0.29) is 12.4 Å². The van der Waals surface area contributed by atoms with Crippen LogP contribution in [0.5, 0.6) is 0 Å². The Bertz CT molecular complexity index is 1350. The van der Waals surface area contributed by atoms with Crippen molar-refractivity contribution in [1.29, 1.82) is 0 Å². The van der Waals surface area contributed by atoms with Crippen LogP contribution in [0.4, 0.5) is 8.78 Å². The van der Waals surface area contributed by atoms with Gasteiger partial charge in [0.2, 0.25) is 11.7 Å². The van der Waals surface area contributed by atoms with Crippen molar-refractivity contribution in [2.24, 2.45) is 0 Å². The molecule has 0 saturated carbocycles. The molecule has 33 heavy (non-hydrogen) atoms. The summed E-state index contributed by atoms with van der Waals surface area (Å²) in [6.07, 6.45) is -1.07. The van der Waals surface area contributed by atoms with E-state index in [0.717, 1.165) is 16.6 Å². The Morgan fingerprint density at radius 1 is 1.30 bits per heavy atom. The second-order valence-electron chi connectivity index (χ2n) is 8.60. The summed E-state index contributed by atoms with van der Waals surface area (Å²) in [6, 6.07) is 6.73. The Kier molecular flexibility index (Phi) is 4.86. The fourth-order valence-corrected chi connectivity index (χ4v) is 4.24. The third-order valence-corrected chi connectivity index (χ3v) is 5.89. The molecule has 0 saturated heterocycles. The summed E-state index contributed by atoms with van der Waals surface area (Å²) in [5.41, 5.74) is 0.467. The predicted octanol–water partition coefficient (Wildman–Crippen LogP) is 4.41. The molecule has 5 rings (SSSR count). The lowest BCUT2D eigenvalue weighted by Crippen LogP contribution is -2.41. The number of alkyl halides is 2. The fraction of sp³-hybridized carbons (Fsp3) is 0.348. The molecule has 1 aliphatic rings. The van der Waals surface area contributed by atoms with Crippen molar-refractivity contribution in [3.63, 3.8) is 0 Å². The molecule has 0 radical (unpaired) electrons. The summed E-state index contributed by atoms with van der Waals surface area (Å²) in [5.74, 6) is -1.22. The van der Waals surface area contributed by atoms with Crippen LogP contribution >= 0.6 is 0 Å². The van der Waals surface area contributed by atoms with E-state index < -0.39 is 35.4 Å². The molecule has 0 unspecified atom stereocenters. The molecule has 2 N–H and O–H groups in total. The van der Waals surface area contributed by atoms with Gasteiger partial charge in [-0.3, -0.25) is 4.79 Å². The van der Waals surface area contributed by atoms with Crippen molar-refractivity contribution in [2.75, 3.05) is 6.54 Å². The van der Waals surface area contributed by atoms with Gasteiger partial charge in [0.25, 0.3) is 12.3 Å². The van der Waals surface area contributed by atoms with E-state index in [9.17, 15) is 18.7 Å². The van der Waals surface area contributed by atoms with Crippen LogP contribution in [0.15, 0.2) is 39.4 Å². The maximum absolute atomic E-state index is 13.8. The molecule has 0 fully saturated rings. The number of nitrogens with one attached hydrogen (secondary N) is 1. The molecule has 3 aromatic heterocycles. The number of aryl methyl sites for hydroxylation is 1. The number of oxazole rings is 1. The van der Waals surface area contributed by atoms with Crippen LogP contribution in [0.2, 0.25) is 0 Å². The number of hydrogen-bond acceptors (Lipinski definition) is 6.